The van der Waals surface area contributed by atoms with Gasteiger partial charge in [0.15, 0.2) is 0 Å². The van der Waals surface area contributed by atoms with Crippen LogP contribution < -0.4 is 5.73 Å². The van der Waals surface area contributed by atoms with Gasteiger partial charge in [0.25, 0.3) is 0 Å². The third-order valence-corrected chi connectivity index (χ3v) is 4.07. The highest BCUT2D eigenvalue weighted by molar-refractivity contribution is 5.28. The van der Waals surface area contributed by atoms with Crippen molar-refractivity contribution in [2.24, 2.45) is 5.73 Å². The fourth-order valence-electron chi connectivity index (χ4n) is 2.87. The molecule has 3 unspecified atom stereocenters. The highest BCUT2D eigenvalue weighted by atomic mass is 16.5. The van der Waals surface area contributed by atoms with Gasteiger partial charge in [0.1, 0.15) is 0 Å². The zero-order valence-electron chi connectivity index (χ0n) is 12.3. The molecule has 1 aromatic rings. The van der Waals surface area contributed by atoms with E-state index < -0.39 is 0 Å². The first-order valence-corrected chi connectivity index (χ1v) is 7.28. The predicted octanol–water partition coefficient (Wildman–Crippen LogP) is 2.49. The van der Waals surface area contributed by atoms with Crippen molar-refractivity contribution in [1.82, 2.24) is 4.90 Å². The molecule has 0 radical (unpaired) electrons. The topological polar surface area (TPSA) is 38.5 Å². The van der Waals surface area contributed by atoms with Crippen molar-refractivity contribution in [3.8, 4) is 0 Å². The Kier molecular flexibility index (Phi) is 4.97. The van der Waals surface area contributed by atoms with E-state index in [2.05, 4.69) is 49.9 Å². The van der Waals surface area contributed by atoms with Crippen LogP contribution in [-0.2, 0) is 4.74 Å². The molecular weight excluding hydrogens is 236 g/mol. The Labute approximate surface area is 116 Å². The molecule has 2 rings (SSSR count). The zero-order chi connectivity index (χ0) is 13.8. The highest BCUT2D eigenvalue weighted by Gasteiger charge is 2.27. The van der Waals surface area contributed by atoms with Crippen molar-refractivity contribution in [2.75, 3.05) is 19.7 Å². The van der Waals surface area contributed by atoms with Crippen LogP contribution in [0.15, 0.2) is 24.3 Å². The maximum absolute atomic E-state index is 6.41. The number of nitrogens with zero attached hydrogens (tertiary/aromatic N) is 1. The molecule has 0 amide bonds. The second-order valence-corrected chi connectivity index (χ2v) is 5.62. The third kappa shape index (κ3) is 3.56. The summed E-state index contributed by atoms with van der Waals surface area (Å²) in [5.74, 6) is 0. The smallest absolute Gasteiger partial charge is 0.0674 e. The maximum atomic E-state index is 6.41. The van der Waals surface area contributed by atoms with Crippen molar-refractivity contribution < 1.29 is 4.74 Å². The largest absolute Gasteiger partial charge is 0.376 e. The quantitative estimate of drug-likeness (QED) is 0.906. The van der Waals surface area contributed by atoms with Crippen LogP contribution in [0.5, 0.6) is 0 Å². The molecule has 3 nitrogen and oxygen atoms in total. The summed E-state index contributed by atoms with van der Waals surface area (Å²) in [5.41, 5.74) is 8.95. The second-order valence-electron chi connectivity index (χ2n) is 5.62. The Hall–Kier alpha value is -0.900. The number of rotatable bonds is 4. The Bertz CT molecular complexity index is 407. The second kappa shape index (κ2) is 6.51. The van der Waals surface area contributed by atoms with Crippen LogP contribution in [0.1, 0.15) is 37.4 Å². The van der Waals surface area contributed by atoms with E-state index >= 15 is 0 Å². The molecular formula is C16H26N2O. The lowest BCUT2D eigenvalue weighted by Crippen LogP contribution is -2.50. The summed E-state index contributed by atoms with van der Waals surface area (Å²) >= 11 is 0. The molecule has 3 heteroatoms. The first-order chi connectivity index (χ1) is 9.11. The zero-order valence-corrected chi connectivity index (χ0v) is 12.3. The molecule has 2 N–H and O–H groups in total. The monoisotopic (exact) mass is 262 g/mol. The Morgan fingerprint density at radius 2 is 2.16 bits per heavy atom. The molecule has 0 saturated carbocycles. The number of ether oxygens (including phenoxy) is 1. The van der Waals surface area contributed by atoms with E-state index in [4.69, 9.17) is 10.5 Å². The number of hydrogen-bond donors (Lipinski definition) is 1. The van der Waals surface area contributed by atoms with E-state index in [9.17, 15) is 0 Å². The summed E-state index contributed by atoms with van der Waals surface area (Å²) in [4.78, 5) is 2.49. The molecule has 106 valence electrons. The van der Waals surface area contributed by atoms with Crippen LogP contribution in [0.2, 0.25) is 0 Å². The van der Waals surface area contributed by atoms with Crippen molar-refractivity contribution >= 4 is 0 Å². The fraction of sp³-hybridized carbons (Fsp3) is 0.625. The van der Waals surface area contributed by atoms with Crippen molar-refractivity contribution in [3.05, 3.63) is 35.4 Å². The van der Waals surface area contributed by atoms with Crippen molar-refractivity contribution in [1.29, 1.82) is 0 Å². The number of aryl methyl sites for hydroxylation is 1. The molecule has 0 spiro atoms. The molecule has 3 atom stereocenters. The maximum Gasteiger partial charge on any atom is 0.0674 e. The van der Waals surface area contributed by atoms with E-state index in [-0.39, 0.29) is 6.04 Å². The molecule has 1 aliphatic heterocycles. The summed E-state index contributed by atoms with van der Waals surface area (Å²) < 4.78 is 5.74. The molecule has 1 heterocycles. The van der Waals surface area contributed by atoms with Crippen LogP contribution in [0.4, 0.5) is 0 Å². The van der Waals surface area contributed by atoms with E-state index in [1.807, 2.05) is 0 Å². The lowest BCUT2D eigenvalue weighted by molar-refractivity contribution is -0.0575. The number of hydrogen-bond acceptors (Lipinski definition) is 3. The number of morpholine rings is 1. The minimum Gasteiger partial charge on any atom is -0.376 e. The van der Waals surface area contributed by atoms with Gasteiger partial charge in [0.05, 0.1) is 12.7 Å². The molecule has 1 aromatic carbocycles. The molecule has 0 bridgehead atoms. The van der Waals surface area contributed by atoms with Gasteiger partial charge in [-0.3, -0.25) is 4.90 Å². The lowest BCUT2D eigenvalue weighted by Gasteiger charge is -2.39. The van der Waals surface area contributed by atoms with Crippen LogP contribution in [-0.4, -0.2) is 36.7 Å². The summed E-state index contributed by atoms with van der Waals surface area (Å²) in [5, 5.41) is 0. The van der Waals surface area contributed by atoms with Gasteiger partial charge in [-0.05, 0) is 31.4 Å². The van der Waals surface area contributed by atoms with Crippen molar-refractivity contribution in [2.45, 2.75) is 45.4 Å². The Morgan fingerprint density at radius 1 is 1.42 bits per heavy atom. The Balaban J connectivity index is 2.04. The molecule has 0 aromatic heterocycles. The minimum absolute atomic E-state index is 0.0838. The summed E-state index contributed by atoms with van der Waals surface area (Å²) in [7, 11) is 0. The van der Waals surface area contributed by atoms with Crippen LogP contribution in [0, 0.1) is 6.92 Å². The summed E-state index contributed by atoms with van der Waals surface area (Å²) in [6.45, 7) is 9.22. The standard InChI is InChI=1S/C16H26N2O/c1-4-14-11-19-13(3)9-18(14)10-16(17)15-8-6-5-7-12(15)2/h5-8,13-14,16H,4,9-11,17H2,1-3H3. The number of benzene rings is 1. The normalized spacial score (nSPS) is 26.3. The van der Waals surface area contributed by atoms with E-state index in [0.717, 1.165) is 26.1 Å². The molecule has 19 heavy (non-hydrogen) atoms. The van der Waals surface area contributed by atoms with Gasteiger partial charge in [-0.2, -0.15) is 0 Å². The van der Waals surface area contributed by atoms with E-state index in [1.54, 1.807) is 0 Å². The SMILES string of the molecule is CCC1COC(C)CN1CC(N)c1ccccc1C. The fourth-order valence-corrected chi connectivity index (χ4v) is 2.87. The first-order valence-electron chi connectivity index (χ1n) is 7.28. The first kappa shape index (κ1) is 14.5. The van der Waals surface area contributed by atoms with Gasteiger partial charge in [-0.25, -0.2) is 0 Å². The van der Waals surface area contributed by atoms with Crippen LogP contribution >= 0.6 is 0 Å². The predicted molar refractivity (Wildman–Crippen MR) is 79.2 cm³/mol. The molecule has 1 aliphatic rings. The molecule has 0 aliphatic carbocycles. The third-order valence-electron chi connectivity index (χ3n) is 4.07. The van der Waals surface area contributed by atoms with Crippen LogP contribution in [0.25, 0.3) is 0 Å². The van der Waals surface area contributed by atoms with Gasteiger partial charge in [-0.15, -0.1) is 0 Å². The summed E-state index contributed by atoms with van der Waals surface area (Å²) in [6.07, 6.45) is 1.43. The van der Waals surface area contributed by atoms with Gasteiger partial charge in [0, 0.05) is 25.2 Å². The highest BCUT2D eigenvalue weighted by Crippen LogP contribution is 2.21. The van der Waals surface area contributed by atoms with Gasteiger partial charge in [-0.1, -0.05) is 31.2 Å². The Morgan fingerprint density at radius 3 is 2.84 bits per heavy atom. The number of nitrogens with two attached hydrogens (primary N) is 1. The van der Waals surface area contributed by atoms with Gasteiger partial charge < -0.3 is 10.5 Å². The van der Waals surface area contributed by atoms with Gasteiger partial charge in [0.2, 0.25) is 0 Å². The van der Waals surface area contributed by atoms with Crippen molar-refractivity contribution in [3.63, 3.8) is 0 Å². The van der Waals surface area contributed by atoms with Crippen LogP contribution in [0.3, 0.4) is 0 Å². The minimum atomic E-state index is 0.0838. The lowest BCUT2D eigenvalue weighted by atomic mass is 10.0. The average molecular weight is 262 g/mol. The van der Waals surface area contributed by atoms with E-state index in [0.29, 0.717) is 12.1 Å². The molecule has 1 saturated heterocycles. The average Bonchev–Trinajstić information content (AvgIpc) is 2.39. The molecule has 1 fully saturated rings. The van der Waals surface area contributed by atoms with Gasteiger partial charge >= 0.3 is 0 Å². The summed E-state index contributed by atoms with van der Waals surface area (Å²) in [6, 6.07) is 9.00. The van der Waals surface area contributed by atoms with E-state index in [1.165, 1.54) is 11.1 Å².